The average Bonchev–Trinajstić information content (AvgIpc) is 2.61. The van der Waals surface area contributed by atoms with Gasteiger partial charge in [0.25, 0.3) is 5.91 Å². The molecule has 24 heavy (non-hydrogen) atoms. The number of benzene rings is 1. The maximum absolute atomic E-state index is 12.7. The van der Waals surface area contributed by atoms with E-state index < -0.39 is 17.4 Å². The van der Waals surface area contributed by atoms with Crippen molar-refractivity contribution in [3.8, 4) is 11.5 Å². The Morgan fingerprint density at radius 1 is 1.25 bits per heavy atom. The normalized spacial score (nSPS) is 25.8. The molecule has 1 saturated carbocycles. The third kappa shape index (κ3) is 3.05. The minimum atomic E-state index is -1.19. The number of rotatable bonds is 4. The monoisotopic (exact) mass is 333 g/mol. The molecule has 1 amide bonds. The molecular formula is C18H23NO5. The third-order valence-corrected chi connectivity index (χ3v) is 5.11. The van der Waals surface area contributed by atoms with Crippen molar-refractivity contribution in [3.05, 3.63) is 23.8 Å². The molecule has 2 aliphatic rings. The van der Waals surface area contributed by atoms with Crippen LogP contribution in [0.1, 0.15) is 49.4 Å². The molecule has 0 radical (unpaired) electrons. The van der Waals surface area contributed by atoms with Crippen LogP contribution in [0.15, 0.2) is 18.2 Å². The summed E-state index contributed by atoms with van der Waals surface area (Å²) in [4.78, 5) is 24.6. The Labute approximate surface area is 141 Å². The fourth-order valence-corrected chi connectivity index (χ4v) is 3.51. The number of nitrogens with one attached hydrogen (secondary N) is 1. The molecule has 6 nitrogen and oxygen atoms in total. The SMILES string of the molecule is CCC1CCC(NC(=O)c2cccc3c2OCCO3)(C(=O)O)CC1. The smallest absolute Gasteiger partial charge is 0.329 e. The van der Waals surface area contributed by atoms with Gasteiger partial charge in [-0.1, -0.05) is 19.4 Å². The van der Waals surface area contributed by atoms with Crippen LogP contribution < -0.4 is 14.8 Å². The number of para-hydroxylation sites is 1. The molecule has 0 atom stereocenters. The zero-order valence-electron chi connectivity index (χ0n) is 13.8. The summed E-state index contributed by atoms with van der Waals surface area (Å²) in [6, 6.07) is 5.09. The lowest BCUT2D eigenvalue weighted by Gasteiger charge is -2.37. The van der Waals surface area contributed by atoms with Crippen molar-refractivity contribution in [2.75, 3.05) is 13.2 Å². The highest BCUT2D eigenvalue weighted by Gasteiger charge is 2.43. The molecule has 6 heteroatoms. The first kappa shape index (κ1) is 16.6. The first-order chi connectivity index (χ1) is 11.6. The Morgan fingerprint density at radius 2 is 1.96 bits per heavy atom. The summed E-state index contributed by atoms with van der Waals surface area (Å²) in [6.45, 7) is 2.93. The summed E-state index contributed by atoms with van der Waals surface area (Å²) in [6.07, 6.45) is 3.59. The number of amides is 1. The summed E-state index contributed by atoms with van der Waals surface area (Å²) in [5.74, 6) is 0.0645. The van der Waals surface area contributed by atoms with E-state index in [2.05, 4.69) is 12.2 Å². The number of aliphatic carboxylic acids is 1. The Bertz CT molecular complexity index is 634. The molecule has 1 heterocycles. The number of hydrogen-bond acceptors (Lipinski definition) is 4. The van der Waals surface area contributed by atoms with Crippen molar-refractivity contribution in [3.63, 3.8) is 0 Å². The van der Waals surface area contributed by atoms with E-state index in [-0.39, 0.29) is 0 Å². The molecule has 1 aliphatic heterocycles. The molecule has 0 saturated heterocycles. The number of carbonyl (C=O) groups excluding carboxylic acids is 1. The highest BCUT2D eigenvalue weighted by molar-refractivity contribution is 6.00. The molecule has 130 valence electrons. The van der Waals surface area contributed by atoms with E-state index in [1.54, 1.807) is 18.2 Å². The molecule has 1 aliphatic carbocycles. The fourth-order valence-electron chi connectivity index (χ4n) is 3.51. The second-order valence-electron chi connectivity index (χ2n) is 6.52. The van der Waals surface area contributed by atoms with Gasteiger partial charge in [-0.2, -0.15) is 0 Å². The molecule has 1 aromatic rings. The second kappa shape index (κ2) is 6.71. The lowest BCUT2D eigenvalue weighted by atomic mass is 9.75. The van der Waals surface area contributed by atoms with Gasteiger partial charge < -0.3 is 19.9 Å². The topological polar surface area (TPSA) is 84.9 Å². The van der Waals surface area contributed by atoms with E-state index in [1.165, 1.54) is 0 Å². The largest absolute Gasteiger partial charge is 0.486 e. The van der Waals surface area contributed by atoms with Crippen molar-refractivity contribution >= 4 is 11.9 Å². The number of carboxylic acid groups (broad SMARTS) is 1. The molecule has 0 aromatic heterocycles. The summed E-state index contributed by atoms with van der Waals surface area (Å²) in [5, 5.41) is 12.5. The maximum atomic E-state index is 12.7. The molecule has 1 aromatic carbocycles. The van der Waals surface area contributed by atoms with Crippen LogP contribution in [0.4, 0.5) is 0 Å². The molecular weight excluding hydrogens is 310 g/mol. The molecule has 1 fully saturated rings. The van der Waals surface area contributed by atoms with Crippen LogP contribution in [-0.2, 0) is 4.79 Å². The van der Waals surface area contributed by atoms with Gasteiger partial charge in [0.05, 0.1) is 5.56 Å². The average molecular weight is 333 g/mol. The third-order valence-electron chi connectivity index (χ3n) is 5.11. The summed E-state index contributed by atoms with van der Waals surface area (Å²) >= 11 is 0. The van der Waals surface area contributed by atoms with Crippen LogP contribution in [0.3, 0.4) is 0 Å². The zero-order valence-corrected chi connectivity index (χ0v) is 13.8. The van der Waals surface area contributed by atoms with Crippen molar-refractivity contribution < 1.29 is 24.2 Å². The lowest BCUT2D eigenvalue weighted by Crippen LogP contribution is -2.56. The van der Waals surface area contributed by atoms with Crippen LogP contribution in [0.5, 0.6) is 11.5 Å². The molecule has 2 N–H and O–H groups in total. The second-order valence-corrected chi connectivity index (χ2v) is 6.52. The van der Waals surface area contributed by atoms with Crippen LogP contribution in [-0.4, -0.2) is 35.7 Å². The number of fused-ring (bicyclic) bond motifs is 1. The van der Waals surface area contributed by atoms with Gasteiger partial charge >= 0.3 is 5.97 Å². The van der Waals surface area contributed by atoms with Crippen LogP contribution in [0, 0.1) is 5.92 Å². The van der Waals surface area contributed by atoms with Gasteiger partial charge in [-0.3, -0.25) is 4.79 Å². The highest BCUT2D eigenvalue weighted by Crippen LogP contribution is 2.36. The van der Waals surface area contributed by atoms with Gasteiger partial charge in [0.2, 0.25) is 0 Å². The fraction of sp³-hybridized carbons (Fsp3) is 0.556. The van der Waals surface area contributed by atoms with E-state index in [9.17, 15) is 14.7 Å². The molecule has 0 spiro atoms. The first-order valence-corrected chi connectivity index (χ1v) is 8.50. The van der Waals surface area contributed by atoms with Gasteiger partial charge in [0.1, 0.15) is 18.8 Å². The van der Waals surface area contributed by atoms with E-state index in [0.29, 0.717) is 49.0 Å². The van der Waals surface area contributed by atoms with E-state index in [1.807, 2.05) is 0 Å². The Hall–Kier alpha value is -2.24. The van der Waals surface area contributed by atoms with Gasteiger partial charge in [-0.25, -0.2) is 4.79 Å². The maximum Gasteiger partial charge on any atom is 0.329 e. The van der Waals surface area contributed by atoms with E-state index in [4.69, 9.17) is 9.47 Å². The van der Waals surface area contributed by atoms with Crippen LogP contribution in [0.2, 0.25) is 0 Å². The number of ether oxygens (including phenoxy) is 2. The molecule has 0 bridgehead atoms. The minimum Gasteiger partial charge on any atom is -0.486 e. The van der Waals surface area contributed by atoms with Crippen molar-refractivity contribution in [2.45, 2.75) is 44.6 Å². The number of hydrogen-bond donors (Lipinski definition) is 2. The predicted molar refractivity (Wildman–Crippen MR) is 87.5 cm³/mol. The Morgan fingerprint density at radius 3 is 2.62 bits per heavy atom. The summed E-state index contributed by atoms with van der Waals surface area (Å²) < 4.78 is 11.0. The zero-order chi connectivity index (χ0) is 17.2. The number of carbonyl (C=O) groups is 2. The van der Waals surface area contributed by atoms with Gasteiger partial charge in [-0.05, 0) is 43.7 Å². The van der Waals surface area contributed by atoms with E-state index in [0.717, 1.165) is 19.3 Å². The van der Waals surface area contributed by atoms with Gasteiger partial charge in [0.15, 0.2) is 11.5 Å². The van der Waals surface area contributed by atoms with Crippen LogP contribution in [0.25, 0.3) is 0 Å². The summed E-state index contributed by atoms with van der Waals surface area (Å²) in [5.41, 5.74) is -0.869. The Kier molecular flexibility index (Phi) is 4.64. The summed E-state index contributed by atoms with van der Waals surface area (Å²) in [7, 11) is 0. The van der Waals surface area contributed by atoms with Crippen molar-refractivity contribution in [1.82, 2.24) is 5.32 Å². The van der Waals surface area contributed by atoms with Gasteiger partial charge in [-0.15, -0.1) is 0 Å². The molecule has 3 rings (SSSR count). The minimum absolute atomic E-state index is 0.324. The molecule has 0 unspecified atom stereocenters. The van der Waals surface area contributed by atoms with Crippen molar-refractivity contribution in [1.29, 1.82) is 0 Å². The standard InChI is InChI=1S/C18H23NO5/c1-2-12-6-8-18(9-7-12,17(21)22)19-16(20)13-4-3-5-14-15(13)24-11-10-23-14/h3-5,12H,2,6-11H2,1H3,(H,19,20)(H,21,22). The van der Waals surface area contributed by atoms with Gasteiger partial charge in [0, 0.05) is 0 Å². The highest BCUT2D eigenvalue weighted by atomic mass is 16.6. The quantitative estimate of drug-likeness (QED) is 0.885. The van der Waals surface area contributed by atoms with E-state index >= 15 is 0 Å². The van der Waals surface area contributed by atoms with Crippen LogP contribution >= 0.6 is 0 Å². The Balaban J connectivity index is 1.81. The number of carboxylic acids is 1. The predicted octanol–water partition coefficient (Wildman–Crippen LogP) is 2.61. The first-order valence-electron chi connectivity index (χ1n) is 8.50. The van der Waals surface area contributed by atoms with Crippen molar-refractivity contribution in [2.24, 2.45) is 5.92 Å². The lowest BCUT2D eigenvalue weighted by molar-refractivity contribution is -0.146.